The molecule has 0 saturated carbocycles. The molecule has 0 spiro atoms. The summed E-state index contributed by atoms with van der Waals surface area (Å²) in [6, 6.07) is 6.51. The molecule has 1 unspecified atom stereocenters. The highest BCUT2D eigenvalue weighted by Gasteiger charge is 2.10. The summed E-state index contributed by atoms with van der Waals surface area (Å²) >= 11 is 1.85. The molecule has 0 aliphatic carbocycles. The Morgan fingerprint density at radius 1 is 1.47 bits per heavy atom. The number of benzene rings is 1. The average molecular weight is 228 g/mol. The largest absolute Gasteiger partial charge is 0.396 e. The van der Waals surface area contributed by atoms with Crippen LogP contribution in [0.4, 0.5) is 4.39 Å². The molecule has 0 heterocycles. The molecule has 0 aliphatic heterocycles. The first-order valence-corrected chi connectivity index (χ1v) is 6.37. The molecular formula is C12H17FOS. The maximum Gasteiger partial charge on any atom is 0.123 e. The summed E-state index contributed by atoms with van der Waals surface area (Å²) in [5.74, 6) is 1.94. The smallest absolute Gasteiger partial charge is 0.123 e. The van der Waals surface area contributed by atoms with E-state index in [1.165, 1.54) is 12.1 Å². The van der Waals surface area contributed by atoms with E-state index in [1.807, 2.05) is 17.8 Å². The Labute approximate surface area is 94.7 Å². The van der Waals surface area contributed by atoms with Crippen LogP contribution >= 0.6 is 11.8 Å². The number of thioether (sulfide) groups is 1. The zero-order valence-corrected chi connectivity index (χ0v) is 9.77. The van der Waals surface area contributed by atoms with Crippen molar-refractivity contribution in [2.45, 2.75) is 19.3 Å². The maximum atomic E-state index is 13.0. The van der Waals surface area contributed by atoms with E-state index in [-0.39, 0.29) is 18.3 Å². The minimum atomic E-state index is -0.228. The number of hydrogen-bond acceptors (Lipinski definition) is 2. The monoisotopic (exact) mass is 228 g/mol. The molecule has 3 heteroatoms. The minimum absolute atomic E-state index is 0.0692. The first kappa shape index (κ1) is 12.5. The van der Waals surface area contributed by atoms with Crippen molar-refractivity contribution in [2.75, 3.05) is 18.1 Å². The van der Waals surface area contributed by atoms with Gasteiger partial charge < -0.3 is 5.11 Å². The summed E-state index contributed by atoms with van der Waals surface area (Å²) in [5, 5.41) is 9.24. The van der Waals surface area contributed by atoms with Gasteiger partial charge >= 0.3 is 0 Å². The third-order valence-electron chi connectivity index (χ3n) is 2.36. The predicted molar refractivity (Wildman–Crippen MR) is 63.8 cm³/mol. The van der Waals surface area contributed by atoms with Gasteiger partial charge in [0.15, 0.2) is 0 Å². The van der Waals surface area contributed by atoms with Crippen LogP contribution < -0.4 is 0 Å². The molecule has 1 aromatic rings. The fourth-order valence-electron chi connectivity index (χ4n) is 1.49. The van der Waals surface area contributed by atoms with Crippen molar-refractivity contribution >= 4 is 11.8 Å². The van der Waals surface area contributed by atoms with Crippen LogP contribution in [0.1, 0.15) is 24.8 Å². The number of hydrogen-bond donors (Lipinski definition) is 1. The molecule has 0 fully saturated rings. The lowest BCUT2D eigenvalue weighted by Crippen LogP contribution is -2.05. The van der Waals surface area contributed by atoms with Crippen LogP contribution in [0, 0.1) is 5.82 Å². The summed E-state index contributed by atoms with van der Waals surface area (Å²) in [4.78, 5) is 0. The standard InChI is InChI=1S/C12H17FOS/c1-2-15-7-6-11(9-14)10-4-3-5-12(13)8-10/h3-5,8,11,14H,2,6-7,9H2,1H3. The molecule has 0 aromatic heterocycles. The minimum Gasteiger partial charge on any atom is -0.396 e. The molecule has 1 nitrogen and oxygen atoms in total. The van der Waals surface area contributed by atoms with Gasteiger partial charge in [0.2, 0.25) is 0 Å². The topological polar surface area (TPSA) is 20.2 Å². The zero-order valence-electron chi connectivity index (χ0n) is 8.95. The van der Waals surface area contributed by atoms with Crippen LogP contribution in [0.3, 0.4) is 0 Å². The van der Waals surface area contributed by atoms with Gasteiger partial charge in [0.1, 0.15) is 5.82 Å². The molecule has 15 heavy (non-hydrogen) atoms. The van der Waals surface area contributed by atoms with E-state index in [1.54, 1.807) is 6.07 Å². The Balaban J connectivity index is 2.57. The third-order valence-corrected chi connectivity index (χ3v) is 3.29. The van der Waals surface area contributed by atoms with Crippen molar-refractivity contribution in [3.63, 3.8) is 0 Å². The van der Waals surface area contributed by atoms with Gasteiger partial charge in [0, 0.05) is 12.5 Å². The molecule has 84 valence electrons. The Morgan fingerprint density at radius 3 is 2.87 bits per heavy atom. The molecule has 0 radical (unpaired) electrons. The second-order valence-corrected chi connectivity index (χ2v) is 4.81. The summed E-state index contributed by atoms with van der Waals surface area (Å²) in [6.45, 7) is 2.20. The van der Waals surface area contributed by atoms with Gasteiger partial charge in [-0.1, -0.05) is 19.1 Å². The lowest BCUT2D eigenvalue weighted by Gasteiger charge is -2.14. The second kappa shape index (κ2) is 6.85. The Hall–Kier alpha value is -0.540. The predicted octanol–water partition coefficient (Wildman–Crippen LogP) is 3.04. The molecular weight excluding hydrogens is 211 g/mol. The maximum absolute atomic E-state index is 13.0. The number of rotatable bonds is 6. The Morgan fingerprint density at radius 2 is 2.27 bits per heavy atom. The molecule has 1 rings (SSSR count). The van der Waals surface area contributed by atoms with Crippen molar-refractivity contribution in [1.82, 2.24) is 0 Å². The Kier molecular flexibility index (Phi) is 5.73. The molecule has 0 bridgehead atoms. The molecule has 0 aliphatic rings. The first-order valence-electron chi connectivity index (χ1n) is 5.22. The van der Waals surface area contributed by atoms with Gasteiger partial charge in [-0.15, -0.1) is 0 Å². The van der Waals surface area contributed by atoms with Crippen LogP contribution in [0.25, 0.3) is 0 Å². The molecule has 1 aromatic carbocycles. The van der Waals surface area contributed by atoms with Crippen molar-refractivity contribution in [2.24, 2.45) is 0 Å². The van der Waals surface area contributed by atoms with E-state index in [0.29, 0.717) is 0 Å². The van der Waals surface area contributed by atoms with Crippen molar-refractivity contribution < 1.29 is 9.50 Å². The fraction of sp³-hybridized carbons (Fsp3) is 0.500. The Bertz CT molecular complexity index is 291. The normalized spacial score (nSPS) is 12.7. The summed E-state index contributed by atoms with van der Waals surface area (Å²) in [6.07, 6.45) is 0.901. The van der Waals surface area contributed by atoms with Gasteiger partial charge in [0.05, 0.1) is 0 Å². The average Bonchev–Trinajstić information content (AvgIpc) is 2.24. The van der Waals surface area contributed by atoms with Crippen LogP contribution in [0.15, 0.2) is 24.3 Å². The number of aliphatic hydroxyl groups is 1. The van der Waals surface area contributed by atoms with E-state index < -0.39 is 0 Å². The van der Waals surface area contributed by atoms with Gasteiger partial charge in [-0.2, -0.15) is 11.8 Å². The van der Waals surface area contributed by atoms with Crippen molar-refractivity contribution in [3.8, 4) is 0 Å². The molecule has 1 atom stereocenters. The van der Waals surface area contributed by atoms with Crippen molar-refractivity contribution in [3.05, 3.63) is 35.6 Å². The quantitative estimate of drug-likeness (QED) is 0.755. The second-order valence-electron chi connectivity index (χ2n) is 3.42. The number of aliphatic hydroxyl groups excluding tert-OH is 1. The first-order chi connectivity index (χ1) is 7.27. The van der Waals surface area contributed by atoms with Gasteiger partial charge in [0.25, 0.3) is 0 Å². The third kappa shape index (κ3) is 4.22. The summed E-state index contributed by atoms with van der Waals surface area (Å²) in [5.41, 5.74) is 0.897. The highest BCUT2D eigenvalue weighted by molar-refractivity contribution is 7.99. The van der Waals surface area contributed by atoms with E-state index >= 15 is 0 Å². The molecule has 0 amide bonds. The fourth-order valence-corrected chi connectivity index (χ4v) is 2.23. The SMILES string of the molecule is CCSCCC(CO)c1cccc(F)c1. The molecule has 1 N–H and O–H groups in total. The van der Waals surface area contributed by atoms with Crippen LogP contribution in [-0.4, -0.2) is 23.2 Å². The van der Waals surface area contributed by atoms with Crippen LogP contribution in [0.2, 0.25) is 0 Å². The van der Waals surface area contributed by atoms with E-state index in [2.05, 4.69) is 6.92 Å². The van der Waals surface area contributed by atoms with Gasteiger partial charge in [-0.3, -0.25) is 0 Å². The lowest BCUT2D eigenvalue weighted by atomic mass is 9.97. The van der Waals surface area contributed by atoms with E-state index in [9.17, 15) is 9.50 Å². The van der Waals surface area contributed by atoms with Crippen LogP contribution in [0.5, 0.6) is 0 Å². The van der Waals surface area contributed by atoms with Crippen LogP contribution in [-0.2, 0) is 0 Å². The highest BCUT2D eigenvalue weighted by atomic mass is 32.2. The summed E-state index contributed by atoms with van der Waals surface area (Å²) < 4.78 is 13.0. The highest BCUT2D eigenvalue weighted by Crippen LogP contribution is 2.21. The van der Waals surface area contributed by atoms with E-state index in [4.69, 9.17) is 0 Å². The number of halogens is 1. The lowest BCUT2D eigenvalue weighted by molar-refractivity contribution is 0.262. The van der Waals surface area contributed by atoms with Crippen molar-refractivity contribution in [1.29, 1.82) is 0 Å². The molecule has 0 saturated heterocycles. The van der Waals surface area contributed by atoms with E-state index in [0.717, 1.165) is 23.5 Å². The van der Waals surface area contributed by atoms with Gasteiger partial charge in [-0.25, -0.2) is 4.39 Å². The zero-order chi connectivity index (χ0) is 11.1. The van der Waals surface area contributed by atoms with Gasteiger partial charge in [-0.05, 0) is 35.6 Å². The summed E-state index contributed by atoms with van der Waals surface area (Å²) in [7, 11) is 0.